The molecule has 0 saturated heterocycles. The zero-order valence-electron chi connectivity index (χ0n) is 12.9. The first kappa shape index (κ1) is 17.4. The third kappa shape index (κ3) is 3.81. The van der Waals surface area contributed by atoms with Crippen LogP contribution in [-0.4, -0.2) is 38.8 Å². The molecule has 0 bridgehead atoms. The molecule has 0 aliphatic carbocycles. The van der Waals surface area contributed by atoms with E-state index in [4.69, 9.17) is 9.94 Å². The summed E-state index contributed by atoms with van der Waals surface area (Å²) in [5.41, 5.74) is 3.18. The summed E-state index contributed by atoms with van der Waals surface area (Å²) in [5, 5.41) is 11.7. The van der Waals surface area contributed by atoms with Gasteiger partial charge in [-0.05, 0) is 24.3 Å². The van der Waals surface area contributed by atoms with Crippen molar-refractivity contribution in [3.05, 3.63) is 52.9 Å². The van der Waals surface area contributed by atoms with Crippen LogP contribution in [0.2, 0.25) is 0 Å². The minimum Gasteiger partial charge on any atom is -0.394 e. The van der Waals surface area contributed by atoms with Crippen molar-refractivity contribution >= 4 is 33.7 Å². The molecule has 1 aromatic heterocycles. The van der Waals surface area contributed by atoms with Crippen LogP contribution < -0.4 is 10.8 Å². The molecule has 0 fully saturated rings. The van der Waals surface area contributed by atoms with E-state index < -0.39 is 18.1 Å². The summed E-state index contributed by atoms with van der Waals surface area (Å²) in [5.74, 6) is -0.470. The molecular formula is C15H15BrFN5O3. The molecule has 0 radical (unpaired) electrons. The first-order chi connectivity index (χ1) is 12.1. The Bertz CT molecular complexity index is 797. The van der Waals surface area contributed by atoms with Crippen molar-refractivity contribution in [2.24, 2.45) is 0 Å². The highest BCUT2D eigenvalue weighted by Gasteiger charge is 2.28. The minimum atomic E-state index is -0.754. The molecule has 2 aromatic rings. The number of nitrogens with one attached hydrogen (secondary N) is 2. The average molecular weight is 412 g/mol. The van der Waals surface area contributed by atoms with Crippen molar-refractivity contribution in [1.82, 2.24) is 19.9 Å². The second-order valence-electron chi connectivity index (χ2n) is 5.07. The van der Waals surface area contributed by atoms with E-state index in [1.807, 2.05) is 0 Å². The number of nitrogens with zero attached hydrogens (tertiary/aromatic N) is 3. The van der Waals surface area contributed by atoms with Crippen molar-refractivity contribution in [2.45, 2.75) is 6.29 Å². The molecule has 0 spiro atoms. The Balaban J connectivity index is 1.85. The van der Waals surface area contributed by atoms with Crippen molar-refractivity contribution < 1.29 is 19.1 Å². The number of halogens is 2. The van der Waals surface area contributed by atoms with Gasteiger partial charge in [0, 0.05) is 10.7 Å². The molecule has 1 unspecified atom stereocenters. The fraction of sp³-hybridized carbons (Fsp3) is 0.200. The van der Waals surface area contributed by atoms with Crippen LogP contribution in [-0.2, 0) is 4.84 Å². The minimum absolute atomic E-state index is 0.0426. The molecule has 1 atom stereocenters. The number of hydrogen-bond donors (Lipinski definition) is 3. The Kier molecular flexibility index (Phi) is 5.31. The number of fused-ring (bicyclic) bond motifs is 1. The molecule has 1 aliphatic rings. The molecule has 1 aliphatic heterocycles. The molecule has 2 heterocycles. The van der Waals surface area contributed by atoms with Gasteiger partial charge in [0.2, 0.25) is 0 Å². The van der Waals surface area contributed by atoms with E-state index in [2.05, 4.69) is 31.7 Å². The number of aliphatic hydroxyl groups is 1. The number of carbonyl (C=O) groups excluding carboxylic acids is 1. The van der Waals surface area contributed by atoms with Gasteiger partial charge in [-0.15, -0.1) is 0 Å². The van der Waals surface area contributed by atoms with Gasteiger partial charge >= 0.3 is 6.03 Å². The second kappa shape index (κ2) is 7.64. The molecular weight excluding hydrogens is 397 g/mol. The highest BCUT2D eigenvalue weighted by Crippen LogP contribution is 2.27. The van der Waals surface area contributed by atoms with Gasteiger partial charge in [0.25, 0.3) is 0 Å². The molecule has 3 rings (SSSR count). The standard InChI is InChI=1S/C15H15BrFN5O3/c16-10-1-2-13(12(17)7-10)19-14-21(15(24)20-25-6-5-23)4-3-11-8-18-9-22(11)14/h1-4,7-9,14,19,23H,5-6H2,(H,20,24). The molecule has 10 heteroatoms. The number of amides is 2. The molecule has 3 N–H and O–H groups in total. The smallest absolute Gasteiger partial charge is 0.348 e. The second-order valence-corrected chi connectivity index (χ2v) is 5.99. The van der Waals surface area contributed by atoms with Crippen LogP contribution in [0.15, 0.2) is 41.4 Å². The van der Waals surface area contributed by atoms with E-state index in [0.717, 1.165) is 5.69 Å². The lowest BCUT2D eigenvalue weighted by molar-refractivity contribution is 0.0253. The Hall–Kier alpha value is -2.43. The summed E-state index contributed by atoms with van der Waals surface area (Å²) >= 11 is 3.21. The van der Waals surface area contributed by atoms with Crippen LogP contribution in [0.1, 0.15) is 12.0 Å². The Morgan fingerprint density at radius 3 is 3.08 bits per heavy atom. The summed E-state index contributed by atoms with van der Waals surface area (Å²) in [6.07, 6.45) is 5.62. The first-order valence-electron chi connectivity index (χ1n) is 7.32. The number of urea groups is 1. The fourth-order valence-corrected chi connectivity index (χ4v) is 2.63. The van der Waals surface area contributed by atoms with Gasteiger partial charge in [0.15, 0.2) is 6.29 Å². The maximum atomic E-state index is 14.2. The van der Waals surface area contributed by atoms with Gasteiger partial charge in [-0.25, -0.2) is 19.6 Å². The third-order valence-corrected chi connectivity index (χ3v) is 3.93. The first-order valence-corrected chi connectivity index (χ1v) is 8.12. The molecule has 132 valence electrons. The number of aliphatic hydroxyl groups excluding tert-OH is 1. The number of carbonyl (C=O) groups is 1. The zero-order valence-corrected chi connectivity index (χ0v) is 14.5. The average Bonchev–Trinajstić information content (AvgIpc) is 3.06. The van der Waals surface area contributed by atoms with Crippen LogP contribution in [0.4, 0.5) is 14.9 Å². The summed E-state index contributed by atoms with van der Waals surface area (Å²) in [4.78, 5) is 22.5. The molecule has 0 saturated carbocycles. The van der Waals surface area contributed by atoms with Gasteiger partial charge in [-0.2, -0.15) is 0 Å². The van der Waals surface area contributed by atoms with Crippen LogP contribution in [0.5, 0.6) is 0 Å². The normalized spacial score (nSPS) is 15.8. The van der Waals surface area contributed by atoms with Gasteiger partial charge in [-0.3, -0.25) is 14.3 Å². The van der Waals surface area contributed by atoms with Crippen molar-refractivity contribution in [1.29, 1.82) is 0 Å². The number of hydrogen-bond acceptors (Lipinski definition) is 5. The molecule has 2 amide bonds. The van der Waals surface area contributed by atoms with Gasteiger partial charge in [0.05, 0.1) is 37.1 Å². The molecule has 1 aromatic carbocycles. The number of imidazole rings is 1. The SMILES string of the molecule is O=C(NOCCO)N1C=Cc2cncn2C1Nc1ccc(Br)cc1F. The summed E-state index contributed by atoms with van der Waals surface area (Å²) in [7, 11) is 0. The fourth-order valence-electron chi connectivity index (χ4n) is 2.30. The lowest BCUT2D eigenvalue weighted by Gasteiger charge is -2.34. The predicted octanol–water partition coefficient (Wildman–Crippen LogP) is 2.27. The maximum absolute atomic E-state index is 14.2. The topological polar surface area (TPSA) is 91.7 Å². The number of aromatic nitrogens is 2. The van der Waals surface area contributed by atoms with Crippen molar-refractivity contribution in [3.63, 3.8) is 0 Å². The van der Waals surface area contributed by atoms with Crippen LogP contribution >= 0.6 is 15.9 Å². The third-order valence-electron chi connectivity index (χ3n) is 3.43. The zero-order chi connectivity index (χ0) is 17.8. The van der Waals surface area contributed by atoms with E-state index >= 15 is 0 Å². The van der Waals surface area contributed by atoms with Crippen LogP contribution in [0.25, 0.3) is 6.08 Å². The highest BCUT2D eigenvalue weighted by molar-refractivity contribution is 9.10. The molecule has 25 heavy (non-hydrogen) atoms. The monoisotopic (exact) mass is 411 g/mol. The Morgan fingerprint density at radius 1 is 1.48 bits per heavy atom. The Labute approximate surface area is 151 Å². The molecule has 8 nitrogen and oxygen atoms in total. The van der Waals surface area contributed by atoms with E-state index in [1.165, 1.54) is 23.5 Å². The van der Waals surface area contributed by atoms with Crippen molar-refractivity contribution in [3.8, 4) is 0 Å². The summed E-state index contributed by atoms with van der Waals surface area (Å²) < 4.78 is 16.5. The van der Waals surface area contributed by atoms with Crippen LogP contribution in [0, 0.1) is 5.82 Å². The summed E-state index contributed by atoms with van der Waals surface area (Å²) in [6, 6.07) is 3.99. The van der Waals surface area contributed by atoms with Crippen molar-refractivity contribution in [2.75, 3.05) is 18.5 Å². The van der Waals surface area contributed by atoms with Crippen LogP contribution in [0.3, 0.4) is 0 Å². The number of hydroxylamine groups is 1. The van der Waals surface area contributed by atoms with Gasteiger partial charge < -0.3 is 10.4 Å². The quantitative estimate of drug-likeness (QED) is 0.518. The largest absolute Gasteiger partial charge is 0.394 e. The highest BCUT2D eigenvalue weighted by atomic mass is 79.9. The number of benzene rings is 1. The predicted molar refractivity (Wildman–Crippen MR) is 91.4 cm³/mol. The number of rotatable bonds is 5. The van der Waals surface area contributed by atoms with Gasteiger partial charge in [-0.1, -0.05) is 15.9 Å². The van der Waals surface area contributed by atoms with E-state index in [0.29, 0.717) is 4.47 Å². The van der Waals surface area contributed by atoms with E-state index in [-0.39, 0.29) is 18.9 Å². The number of anilines is 1. The van der Waals surface area contributed by atoms with E-state index in [9.17, 15) is 9.18 Å². The van der Waals surface area contributed by atoms with E-state index in [1.54, 1.807) is 29.0 Å². The summed E-state index contributed by atoms with van der Waals surface area (Å²) in [6.45, 7) is -0.271. The lowest BCUT2D eigenvalue weighted by atomic mass is 10.3. The Morgan fingerprint density at radius 2 is 2.32 bits per heavy atom. The lowest BCUT2D eigenvalue weighted by Crippen LogP contribution is -2.45. The van der Waals surface area contributed by atoms with Gasteiger partial charge in [0.1, 0.15) is 5.82 Å². The maximum Gasteiger partial charge on any atom is 0.348 e.